The van der Waals surface area contributed by atoms with Crippen molar-refractivity contribution in [3.8, 4) is 5.75 Å². The lowest BCUT2D eigenvalue weighted by molar-refractivity contribution is -0.141. The zero-order chi connectivity index (χ0) is 18.8. The lowest BCUT2D eigenvalue weighted by Crippen LogP contribution is -2.31. The first-order valence-corrected chi connectivity index (χ1v) is 8.40. The fourth-order valence-electron chi connectivity index (χ4n) is 3.31. The highest BCUT2D eigenvalue weighted by atomic mass is 35.5. The number of ether oxygens (including phenoxy) is 1. The molecule has 1 fully saturated rings. The lowest BCUT2D eigenvalue weighted by Gasteiger charge is -2.18. The number of hydrogen-bond donors (Lipinski definition) is 1. The molecule has 1 amide bonds. The van der Waals surface area contributed by atoms with E-state index in [2.05, 4.69) is 0 Å². The quantitative estimate of drug-likeness (QED) is 0.886. The minimum Gasteiger partial charge on any atom is -0.496 e. The van der Waals surface area contributed by atoms with Gasteiger partial charge in [-0.25, -0.2) is 4.39 Å². The Morgan fingerprint density at radius 2 is 1.88 bits per heavy atom. The summed E-state index contributed by atoms with van der Waals surface area (Å²) in [6.45, 7) is 0.174. The highest BCUT2D eigenvalue weighted by Crippen LogP contribution is 2.35. The van der Waals surface area contributed by atoms with Gasteiger partial charge in [0.15, 0.2) is 0 Å². The summed E-state index contributed by atoms with van der Waals surface area (Å²) in [7, 11) is 1.35. The largest absolute Gasteiger partial charge is 0.496 e. The Labute approximate surface area is 154 Å². The zero-order valence-electron chi connectivity index (χ0n) is 14.0. The molecule has 1 heterocycles. The van der Waals surface area contributed by atoms with E-state index in [4.69, 9.17) is 16.3 Å². The van der Waals surface area contributed by atoms with Crippen LogP contribution in [0.1, 0.15) is 21.8 Å². The van der Waals surface area contributed by atoms with Crippen LogP contribution >= 0.6 is 11.6 Å². The highest BCUT2D eigenvalue weighted by Gasteiger charge is 2.41. The van der Waals surface area contributed by atoms with E-state index in [0.717, 1.165) is 5.56 Å². The first kappa shape index (κ1) is 18.2. The molecule has 26 heavy (non-hydrogen) atoms. The molecule has 0 radical (unpaired) electrons. The van der Waals surface area contributed by atoms with Crippen LogP contribution in [0.5, 0.6) is 5.75 Å². The molecule has 2 aromatic rings. The van der Waals surface area contributed by atoms with Gasteiger partial charge < -0.3 is 14.7 Å². The van der Waals surface area contributed by atoms with E-state index in [-0.39, 0.29) is 24.4 Å². The second-order valence-corrected chi connectivity index (χ2v) is 6.57. The minimum absolute atomic E-state index is 0.00104. The number of halogens is 2. The van der Waals surface area contributed by atoms with Crippen LogP contribution in [0.3, 0.4) is 0 Å². The third-order valence-corrected chi connectivity index (χ3v) is 4.88. The molecular formula is C19H17ClFNO4. The summed E-state index contributed by atoms with van der Waals surface area (Å²) in [5.41, 5.74) is 0.591. The lowest BCUT2D eigenvalue weighted by atomic mass is 9.89. The van der Waals surface area contributed by atoms with Gasteiger partial charge in [-0.1, -0.05) is 29.8 Å². The molecule has 0 aliphatic carbocycles. The van der Waals surface area contributed by atoms with E-state index in [1.165, 1.54) is 30.2 Å². The summed E-state index contributed by atoms with van der Waals surface area (Å²) in [5, 5.41) is 10.1. The highest BCUT2D eigenvalue weighted by molar-refractivity contribution is 6.30. The fourth-order valence-corrected chi connectivity index (χ4v) is 3.43. The molecule has 2 aromatic carbocycles. The van der Waals surface area contributed by atoms with Gasteiger partial charge in [0.2, 0.25) is 0 Å². The van der Waals surface area contributed by atoms with Crippen LogP contribution in [-0.2, 0) is 4.79 Å². The Morgan fingerprint density at radius 1 is 1.19 bits per heavy atom. The predicted octanol–water partition coefficient (Wildman–Crippen LogP) is 3.43. The van der Waals surface area contributed by atoms with E-state index in [1.54, 1.807) is 24.3 Å². The number of hydrogen-bond acceptors (Lipinski definition) is 3. The van der Waals surface area contributed by atoms with Crippen molar-refractivity contribution < 1.29 is 23.8 Å². The van der Waals surface area contributed by atoms with Crippen molar-refractivity contribution in [3.63, 3.8) is 0 Å². The predicted molar refractivity (Wildman–Crippen MR) is 94.2 cm³/mol. The Bertz CT molecular complexity index is 840. The van der Waals surface area contributed by atoms with Crippen molar-refractivity contribution in [2.24, 2.45) is 5.92 Å². The number of amides is 1. The molecule has 0 aromatic heterocycles. The van der Waals surface area contributed by atoms with Gasteiger partial charge >= 0.3 is 5.97 Å². The van der Waals surface area contributed by atoms with Crippen LogP contribution in [0.15, 0.2) is 42.5 Å². The third kappa shape index (κ3) is 3.37. The number of carboxylic acid groups (broad SMARTS) is 1. The van der Waals surface area contributed by atoms with Crippen LogP contribution in [0.25, 0.3) is 0 Å². The second-order valence-electron chi connectivity index (χ2n) is 6.13. The van der Waals surface area contributed by atoms with Crippen LogP contribution in [0, 0.1) is 11.7 Å². The number of carboxylic acids is 1. The van der Waals surface area contributed by atoms with E-state index in [1.807, 2.05) is 0 Å². The first-order valence-electron chi connectivity index (χ1n) is 8.02. The van der Waals surface area contributed by atoms with Gasteiger partial charge in [-0.05, 0) is 29.8 Å². The normalized spacial score (nSPS) is 19.4. The minimum atomic E-state index is -0.999. The molecule has 1 aliphatic heterocycles. The molecule has 5 nitrogen and oxygen atoms in total. The molecule has 0 spiro atoms. The molecule has 0 saturated carbocycles. The van der Waals surface area contributed by atoms with Crippen LogP contribution in [0.4, 0.5) is 4.39 Å². The van der Waals surface area contributed by atoms with Gasteiger partial charge in [-0.3, -0.25) is 9.59 Å². The van der Waals surface area contributed by atoms with Gasteiger partial charge in [-0.2, -0.15) is 0 Å². The van der Waals surface area contributed by atoms with Crippen molar-refractivity contribution in [1.82, 2.24) is 4.90 Å². The molecule has 0 unspecified atom stereocenters. The number of benzene rings is 2. The number of likely N-dealkylation sites (tertiary alicyclic amines) is 1. The third-order valence-electron chi connectivity index (χ3n) is 4.63. The van der Waals surface area contributed by atoms with Crippen molar-refractivity contribution in [3.05, 3.63) is 64.4 Å². The van der Waals surface area contributed by atoms with Gasteiger partial charge in [0.05, 0.1) is 13.0 Å². The Hall–Kier alpha value is -2.60. The monoisotopic (exact) mass is 377 g/mol. The summed E-state index contributed by atoms with van der Waals surface area (Å²) in [5.74, 6) is -3.33. The van der Waals surface area contributed by atoms with E-state index < -0.39 is 29.5 Å². The molecule has 3 rings (SSSR count). The molecule has 1 N–H and O–H groups in total. The van der Waals surface area contributed by atoms with Crippen molar-refractivity contribution in [2.75, 3.05) is 20.2 Å². The second kappa shape index (κ2) is 7.33. The van der Waals surface area contributed by atoms with E-state index in [9.17, 15) is 19.1 Å². The average Bonchev–Trinajstić information content (AvgIpc) is 3.07. The Kier molecular flexibility index (Phi) is 5.13. The molecule has 7 heteroatoms. The number of aliphatic carboxylic acids is 1. The standard InChI is InChI=1S/C19H17ClFNO4/c1-26-16-4-2-3-15(21)17(16)18(23)22-9-13(14(10-22)19(24)25)11-5-7-12(20)8-6-11/h2-8,13-14H,9-10H2,1H3,(H,24,25)/t13-,14+/m0/s1. The van der Waals surface area contributed by atoms with Crippen molar-refractivity contribution in [2.45, 2.75) is 5.92 Å². The summed E-state index contributed by atoms with van der Waals surface area (Å²) in [6.07, 6.45) is 0. The van der Waals surface area contributed by atoms with E-state index in [0.29, 0.717) is 5.02 Å². The molecule has 2 atom stereocenters. The SMILES string of the molecule is COc1cccc(F)c1C(=O)N1C[C@@H](C(=O)O)[C@H](c2ccc(Cl)cc2)C1. The number of rotatable bonds is 4. The van der Waals surface area contributed by atoms with Gasteiger partial charge in [0.1, 0.15) is 17.1 Å². The number of methoxy groups -OCH3 is 1. The van der Waals surface area contributed by atoms with Crippen LogP contribution < -0.4 is 4.74 Å². The molecule has 1 saturated heterocycles. The van der Waals surface area contributed by atoms with Crippen LogP contribution in [0.2, 0.25) is 5.02 Å². The Balaban J connectivity index is 1.92. The number of carbonyl (C=O) groups is 2. The maximum Gasteiger partial charge on any atom is 0.308 e. The maximum absolute atomic E-state index is 14.2. The van der Waals surface area contributed by atoms with Gasteiger partial charge in [0.25, 0.3) is 5.91 Å². The van der Waals surface area contributed by atoms with Gasteiger partial charge in [-0.15, -0.1) is 0 Å². The fraction of sp³-hybridized carbons (Fsp3) is 0.263. The summed E-state index contributed by atoms with van der Waals surface area (Å²) < 4.78 is 19.3. The summed E-state index contributed by atoms with van der Waals surface area (Å²) in [6, 6.07) is 11.0. The number of nitrogens with zero attached hydrogens (tertiary/aromatic N) is 1. The molecule has 0 bridgehead atoms. The average molecular weight is 378 g/mol. The summed E-state index contributed by atoms with van der Waals surface area (Å²) >= 11 is 5.89. The summed E-state index contributed by atoms with van der Waals surface area (Å²) in [4.78, 5) is 25.9. The molecular weight excluding hydrogens is 361 g/mol. The smallest absolute Gasteiger partial charge is 0.308 e. The van der Waals surface area contributed by atoms with Gasteiger partial charge in [0, 0.05) is 24.0 Å². The van der Waals surface area contributed by atoms with Crippen molar-refractivity contribution in [1.29, 1.82) is 0 Å². The topological polar surface area (TPSA) is 66.8 Å². The maximum atomic E-state index is 14.2. The Morgan fingerprint density at radius 3 is 2.50 bits per heavy atom. The van der Waals surface area contributed by atoms with Crippen molar-refractivity contribution >= 4 is 23.5 Å². The van der Waals surface area contributed by atoms with Crippen LogP contribution in [-0.4, -0.2) is 42.1 Å². The zero-order valence-corrected chi connectivity index (χ0v) is 14.7. The first-order chi connectivity index (χ1) is 12.4. The van der Waals surface area contributed by atoms with E-state index >= 15 is 0 Å². The number of carbonyl (C=O) groups excluding carboxylic acids is 1. The molecule has 136 valence electrons. The molecule has 1 aliphatic rings.